The van der Waals surface area contributed by atoms with Crippen LogP contribution in [0.1, 0.15) is 54.5 Å². The molecule has 0 unspecified atom stereocenters. The van der Waals surface area contributed by atoms with E-state index in [9.17, 15) is 9.59 Å². The second-order valence-corrected chi connectivity index (χ2v) is 9.21. The molecule has 0 N–H and O–H groups in total. The summed E-state index contributed by atoms with van der Waals surface area (Å²) in [6, 6.07) is 12.4. The first-order chi connectivity index (χ1) is 14.2. The van der Waals surface area contributed by atoms with Crippen LogP contribution in [0.5, 0.6) is 0 Å². The number of hydrogen-bond acceptors (Lipinski definition) is 4. The molecular weight excluding hydrogens is 380 g/mol. The van der Waals surface area contributed by atoms with Crippen molar-refractivity contribution in [1.82, 2.24) is 9.80 Å². The van der Waals surface area contributed by atoms with Crippen LogP contribution in [0.4, 0.5) is 0 Å². The highest BCUT2D eigenvalue weighted by Gasteiger charge is 2.45. The molecule has 4 nitrogen and oxygen atoms in total. The fourth-order valence-electron chi connectivity index (χ4n) is 5.01. The van der Waals surface area contributed by atoms with Gasteiger partial charge in [0.1, 0.15) is 5.70 Å². The summed E-state index contributed by atoms with van der Waals surface area (Å²) in [6.07, 6.45) is 7.38. The lowest BCUT2D eigenvalue weighted by atomic mass is 9.99. The molecule has 0 atom stereocenters. The van der Waals surface area contributed by atoms with Gasteiger partial charge in [0, 0.05) is 24.0 Å². The highest BCUT2D eigenvalue weighted by atomic mass is 32.1. The number of hydrogen-bond donors (Lipinski definition) is 0. The van der Waals surface area contributed by atoms with E-state index < -0.39 is 0 Å². The van der Waals surface area contributed by atoms with Crippen LogP contribution in [0.2, 0.25) is 0 Å². The number of benzene rings is 1. The largest absolute Gasteiger partial charge is 0.362 e. The summed E-state index contributed by atoms with van der Waals surface area (Å²) in [5.74, 6) is -0.164. The van der Waals surface area contributed by atoms with Gasteiger partial charge in [-0.2, -0.15) is 0 Å². The third kappa shape index (κ3) is 3.31. The molecule has 2 aromatic rings. The topological polar surface area (TPSA) is 40.6 Å². The van der Waals surface area contributed by atoms with Gasteiger partial charge in [-0.25, -0.2) is 0 Å². The van der Waals surface area contributed by atoms with Crippen LogP contribution in [0.15, 0.2) is 47.5 Å². The van der Waals surface area contributed by atoms with Gasteiger partial charge in [0.05, 0.1) is 5.57 Å². The van der Waals surface area contributed by atoms with Gasteiger partial charge >= 0.3 is 0 Å². The zero-order chi connectivity index (χ0) is 19.8. The lowest BCUT2D eigenvalue weighted by molar-refractivity contribution is -0.140. The SMILES string of the molecule is O=C1C(c2cccs2)=C(N2CCc3ccccc3C2)C(=O)N1C1CCCCCC1. The maximum atomic E-state index is 13.7. The molecule has 0 radical (unpaired) electrons. The second kappa shape index (κ2) is 7.79. The molecule has 3 heterocycles. The molecule has 29 heavy (non-hydrogen) atoms. The smallest absolute Gasteiger partial charge is 0.278 e. The van der Waals surface area contributed by atoms with Gasteiger partial charge in [0.25, 0.3) is 11.8 Å². The van der Waals surface area contributed by atoms with Crippen molar-refractivity contribution in [3.63, 3.8) is 0 Å². The third-order valence-corrected chi connectivity index (χ3v) is 7.38. The van der Waals surface area contributed by atoms with E-state index in [4.69, 9.17) is 0 Å². The first-order valence-corrected chi connectivity index (χ1v) is 11.6. The average Bonchev–Trinajstić information content (AvgIpc) is 3.25. The summed E-state index contributed by atoms with van der Waals surface area (Å²) >= 11 is 1.55. The molecule has 150 valence electrons. The molecule has 1 saturated carbocycles. The number of carbonyl (C=O) groups excluding carboxylic acids is 2. The van der Waals surface area contributed by atoms with Gasteiger partial charge < -0.3 is 4.90 Å². The van der Waals surface area contributed by atoms with Crippen molar-refractivity contribution in [2.75, 3.05) is 6.54 Å². The molecule has 1 aromatic heterocycles. The molecule has 1 fully saturated rings. The molecule has 5 heteroatoms. The quantitative estimate of drug-likeness (QED) is 0.552. The normalized spacial score (nSPS) is 21.0. The molecule has 1 aliphatic carbocycles. The average molecular weight is 407 g/mol. The monoisotopic (exact) mass is 406 g/mol. The van der Waals surface area contributed by atoms with E-state index in [2.05, 4.69) is 29.2 Å². The van der Waals surface area contributed by atoms with Gasteiger partial charge in [0.15, 0.2) is 0 Å². The number of amides is 2. The molecule has 2 amide bonds. The van der Waals surface area contributed by atoms with Gasteiger partial charge in [-0.15, -0.1) is 11.3 Å². The Balaban J connectivity index is 1.53. The molecule has 3 aliphatic rings. The number of carbonyl (C=O) groups is 2. The Hall–Kier alpha value is -2.40. The number of imide groups is 1. The standard InChI is InChI=1S/C24H26N2O2S/c27-23-21(20-12-7-15-29-20)22(24(28)26(23)19-10-3-1-2-4-11-19)25-14-13-17-8-5-6-9-18(17)16-25/h5-9,12,15,19H,1-4,10-11,13-14,16H2. The molecular formula is C24H26N2O2S. The van der Waals surface area contributed by atoms with Crippen molar-refractivity contribution in [2.45, 2.75) is 57.5 Å². The second-order valence-electron chi connectivity index (χ2n) is 8.27. The minimum absolute atomic E-state index is 0.0436. The summed E-state index contributed by atoms with van der Waals surface area (Å²) in [5.41, 5.74) is 3.84. The van der Waals surface area contributed by atoms with E-state index in [1.807, 2.05) is 17.5 Å². The lowest BCUT2D eigenvalue weighted by Gasteiger charge is -2.32. The van der Waals surface area contributed by atoms with Gasteiger partial charge in [-0.3, -0.25) is 14.5 Å². The van der Waals surface area contributed by atoms with Crippen molar-refractivity contribution in [3.8, 4) is 0 Å². The summed E-state index contributed by atoms with van der Waals surface area (Å²) in [4.78, 5) is 31.9. The Kier molecular flexibility index (Phi) is 5.00. The lowest BCUT2D eigenvalue weighted by Crippen LogP contribution is -2.43. The maximum absolute atomic E-state index is 13.7. The summed E-state index contributed by atoms with van der Waals surface area (Å²) < 4.78 is 0. The maximum Gasteiger partial charge on any atom is 0.278 e. The highest BCUT2D eigenvalue weighted by Crippen LogP contribution is 2.38. The van der Waals surface area contributed by atoms with Crippen molar-refractivity contribution in [3.05, 3.63) is 63.5 Å². The van der Waals surface area contributed by atoms with E-state index in [-0.39, 0.29) is 17.9 Å². The zero-order valence-corrected chi connectivity index (χ0v) is 17.4. The van der Waals surface area contributed by atoms with Crippen LogP contribution in [-0.4, -0.2) is 34.2 Å². The van der Waals surface area contributed by atoms with Gasteiger partial charge in [0.2, 0.25) is 0 Å². The Labute approximate surface area is 175 Å². The Morgan fingerprint density at radius 1 is 0.862 bits per heavy atom. The molecule has 1 aromatic carbocycles. The summed E-state index contributed by atoms with van der Waals surface area (Å²) in [6.45, 7) is 1.47. The number of nitrogens with zero attached hydrogens (tertiary/aromatic N) is 2. The van der Waals surface area contributed by atoms with Crippen molar-refractivity contribution >= 4 is 28.7 Å². The molecule has 0 saturated heterocycles. The molecule has 0 spiro atoms. The Bertz CT molecular complexity index is 955. The number of rotatable bonds is 3. The predicted octanol–water partition coefficient (Wildman–Crippen LogP) is 4.61. The summed E-state index contributed by atoms with van der Waals surface area (Å²) in [5, 5.41) is 1.98. The zero-order valence-electron chi connectivity index (χ0n) is 16.6. The Morgan fingerprint density at radius 2 is 1.62 bits per heavy atom. The van der Waals surface area contributed by atoms with Gasteiger partial charge in [-0.1, -0.05) is 56.0 Å². The number of thiophene rings is 1. The Morgan fingerprint density at radius 3 is 2.34 bits per heavy atom. The van der Waals surface area contributed by atoms with Gasteiger partial charge in [-0.05, 0) is 41.8 Å². The van der Waals surface area contributed by atoms with Crippen LogP contribution < -0.4 is 0 Å². The van der Waals surface area contributed by atoms with E-state index in [0.717, 1.165) is 43.5 Å². The van der Waals surface area contributed by atoms with Crippen LogP contribution in [0, 0.1) is 0 Å². The first-order valence-electron chi connectivity index (χ1n) is 10.7. The van der Waals surface area contributed by atoms with Crippen molar-refractivity contribution < 1.29 is 9.59 Å². The van der Waals surface area contributed by atoms with E-state index >= 15 is 0 Å². The van der Waals surface area contributed by atoms with Crippen LogP contribution >= 0.6 is 11.3 Å². The van der Waals surface area contributed by atoms with Crippen LogP contribution in [0.3, 0.4) is 0 Å². The molecule has 2 aliphatic heterocycles. The highest BCUT2D eigenvalue weighted by molar-refractivity contribution is 7.11. The minimum Gasteiger partial charge on any atom is -0.362 e. The van der Waals surface area contributed by atoms with Crippen LogP contribution in [0.25, 0.3) is 5.57 Å². The van der Waals surface area contributed by atoms with Crippen molar-refractivity contribution in [2.24, 2.45) is 0 Å². The van der Waals surface area contributed by atoms with E-state index in [0.29, 0.717) is 17.8 Å². The third-order valence-electron chi connectivity index (χ3n) is 6.50. The van der Waals surface area contributed by atoms with E-state index in [1.54, 1.807) is 16.2 Å². The molecule has 0 bridgehead atoms. The predicted molar refractivity (Wildman–Crippen MR) is 115 cm³/mol. The fourth-order valence-corrected chi connectivity index (χ4v) is 5.77. The first kappa shape index (κ1) is 18.6. The number of fused-ring (bicyclic) bond motifs is 1. The van der Waals surface area contributed by atoms with Crippen LogP contribution in [-0.2, 0) is 22.6 Å². The van der Waals surface area contributed by atoms with Crippen molar-refractivity contribution in [1.29, 1.82) is 0 Å². The summed E-state index contributed by atoms with van der Waals surface area (Å²) in [7, 11) is 0. The fraction of sp³-hybridized carbons (Fsp3) is 0.417. The molecule has 5 rings (SSSR count). The van der Waals surface area contributed by atoms with E-state index in [1.165, 1.54) is 24.0 Å². The minimum atomic E-state index is -0.0850.